The Labute approximate surface area is 194 Å². The molecule has 1 amide bonds. The molecule has 33 heavy (non-hydrogen) atoms. The van der Waals surface area contributed by atoms with E-state index in [0.717, 1.165) is 12.0 Å². The van der Waals surface area contributed by atoms with Crippen molar-refractivity contribution in [1.29, 1.82) is 0 Å². The lowest BCUT2D eigenvalue weighted by molar-refractivity contribution is 0.0940. The largest absolute Gasteiger partial charge is 0.497 e. The smallest absolute Gasteiger partial charge is 0.252 e. The fourth-order valence-corrected chi connectivity index (χ4v) is 3.41. The number of nitrogens with one attached hydrogen (secondary N) is 1. The van der Waals surface area contributed by atoms with Gasteiger partial charge in [0.05, 0.1) is 27.4 Å². The monoisotopic (exact) mass is 453 g/mol. The molecule has 1 heterocycles. The van der Waals surface area contributed by atoms with E-state index in [1.165, 1.54) is 0 Å². The van der Waals surface area contributed by atoms with Crippen molar-refractivity contribution in [2.75, 3.05) is 27.4 Å². The minimum Gasteiger partial charge on any atom is -0.497 e. The SMILES string of the molecule is CCCOc1ccc(C(=O)NC(c2cc(OC)cc(OC)c2)c2nccn2C)cc1OCC. The van der Waals surface area contributed by atoms with Gasteiger partial charge in [-0.15, -0.1) is 0 Å². The Morgan fingerprint density at radius 2 is 1.76 bits per heavy atom. The molecule has 0 radical (unpaired) electrons. The summed E-state index contributed by atoms with van der Waals surface area (Å²) < 4.78 is 24.2. The Hall–Kier alpha value is -3.68. The quantitative estimate of drug-likeness (QED) is 0.470. The molecule has 8 nitrogen and oxygen atoms in total. The fourth-order valence-electron chi connectivity index (χ4n) is 3.41. The molecule has 8 heteroatoms. The molecule has 0 aliphatic rings. The van der Waals surface area contributed by atoms with E-state index >= 15 is 0 Å². The molecular weight excluding hydrogens is 422 g/mol. The zero-order valence-corrected chi connectivity index (χ0v) is 19.8. The Morgan fingerprint density at radius 3 is 2.33 bits per heavy atom. The lowest BCUT2D eigenvalue weighted by Crippen LogP contribution is -2.31. The molecule has 1 N–H and O–H groups in total. The summed E-state index contributed by atoms with van der Waals surface area (Å²) in [6, 6.07) is 10.2. The van der Waals surface area contributed by atoms with E-state index in [1.54, 1.807) is 44.7 Å². The van der Waals surface area contributed by atoms with Gasteiger partial charge in [0.15, 0.2) is 11.5 Å². The second kappa shape index (κ2) is 11.3. The number of benzene rings is 2. The first kappa shape index (κ1) is 24.0. The first-order valence-corrected chi connectivity index (χ1v) is 10.9. The molecule has 1 aromatic heterocycles. The summed E-state index contributed by atoms with van der Waals surface area (Å²) in [6.07, 6.45) is 4.40. The van der Waals surface area contributed by atoms with Crippen molar-refractivity contribution in [3.63, 3.8) is 0 Å². The summed E-state index contributed by atoms with van der Waals surface area (Å²) in [7, 11) is 5.06. The van der Waals surface area contributed by atoms with Crippen LogP contribution in [0, 0.1) is 0 Å². The molecule has 176 valence electrons. The van der Waals surface area contributed by atoms with Gasteiger partial charge in [0, 0.05) is 31.1 Å². The number of imidazole rings is 1. The van der Waals surface area contributed by atoms with E-state index in [2.05, 4.69) is 10.3 Å². The molecular formula is C25H31N3O5. The number of carbonyl (C=O) groups excluding carboxylic acids is 1. The lowest BCUT2D eigenvalue weighted by Gasteiger charge is -2.21. The second-order valence-corrected chi connectivity index (χ2v) is 7.39. The molecule has 0 bridgehead atoms. The Kier molecular flexibility index (Phi) is 8.18. The molecule has 3 rings (SSSR count). The van der Waals surface area contributed by atoms with E-state index in [1.807, 2.05) is 43.8 Å². The fraction of sp³-hybridized carbons (Fsp3) is 0.360. The topological polar surface area (TPSA) is 83.8 Å². The number of methoxy groups -OCH3 is 2. The van der Waals surface area contributed by atoms with Gasteiger partial charge in [0.25, 0.3) is 5.91 Å². The summed E-state index contributed by atoms with van der Waals surface area (Å²) in [5.74, 6) is 2.80. The number of carbonyl (C=O) groups is 1. The minimum atomic E-state index is -0.534. The van der Waals surface area contributed by atoms with Gasteiger partial charge >= 0.3 is 0 Å². The van der Waals surface area contributed by atoms with Crippen molar-refractivity contribution in [3.05, 3.63) is 65.7 Å². The second-order valence-electron chi connectivity index (χ2n) is 7.39. The first-order chi connectivity index (χ1) is 16.0. The Bertz CT molecular complexity index is 1060. The van der Waals surface area contributed by atoms with Crippen LogP contribution in [0.25, 0.3) is 0 Å². The van der Waals surface area contributed by atoms with Gasteiger partial charge in [0.1, 0.15) is 23.4 Å². The van der Waals surface area contributed by atoms with Crippen LogP contribution in [0.4, 0.5) is 0 Å². The molecule has 0 saturated carbocycles. The Morgan fingerprint density at radius 1 is 1.03 bits per heavy atom. The highest BCUT2D eigenvalue weighted by Crippen LogP contribution is 2.31. The average Bonchev–Trinajstić information content (AvgIpc) is 3.26. The van der Waals surface area contributed by atoms with Gasteiger partial charge in [-0.05, 0) is 49.2 Å². The number of hydrogen-bond acceptors (Lipinski definition) is 6. The summed E-state index contributed by atoms with van der Waals surface area (Å²) >= 11 is 0. The van der Waals surface area contributed by atoms with Crippen LogP contribution in [0.5, 0.6) is 23.0 Å². The van der Waals surface area contributed by atoms with E-state index in [-0.39, 0.29) is 5.91 Å². The molecule has 0 saturated heterocycles. The highest BCUT2D eigenvalue weighted by molar-refractivity contribution is 5.95. The number of hydrogen-bond donors (Lipinski definition) is 1. The van der Waals surface area contributed by atoms with Crippen molar-refractivity contribution >= 4 is 5.91 Å². The van der Waals surface area contributed by atoms with Gasteiger partial charge in [-0.3, -0.25) is 4.79 Å². The summed E-state index contributed by atoms with van der Waals surface area (Å²) in [5, 5.41) is 3.10. The first-order valence-electron chi connectivity index (χ1n) is 10.9. The van der Waals surface area contributed by atoms with Gasteiger partial charge < -0.3 is 28.8 Å². The van der Waals surface area contributed by atoms with E-state index < -0.39 is 6.04 Å². The predicted molar refractivity (Wildman–Crippen MR) is 125 cm³/mol. The number of ether oxygens (including phenoxy) is 4. The normalized spacial score (nSPS) is 11.5. The van der Waals surface area contributed by atoms with Crippen LogP contribution >= 0.6 is 0 Å². The third-order valence-electron chi connectivity index (χ3n) is 5.07. The van der Waals surface area contributed by atoms with E-state index in [9.17, 15) is 4.79 Å². The maximum atomic E-state index is 13.3. The molecule has 3 aromatic rings. The summed E-state index contributed by atoms with van der Waals surface area (Å²) in [5.41, 5.74) is 1.23. The van der Waals surface area contributed by atoms with Crippen LogP contribution < -0.4 is 24.3 Å². The highest BCUT2D eigenvalue weighted by atomic mass is 16.5. The van der Waals surface area contributed by atoms with Crippen molar-refractivity contribution in [2.24, 2.45) is 7.05 Å². The minimum absolute atomic E-state index is 0.271. The van der Waals surface area contributed by atoms with Crippen molar-refractivity contribution in [2.45, 2.75) is 26.3 Å². The van der Waals surface area contributed by atoms with Crippen LogP contribution in [0.2, 0.25) is 0 Å². The van der Waals surface area contributed by atoms with Crippen LogP contribution in [-0.4, -0.2) is 42.9 Å². The van der Waals surface area contributed by atoms with Gasteiger partial charge in [-0.1, -0.05) is 6.92 Å². The van der Waals surface area contributed by atoms with Crippen molar-refractivity contribution in [1.82, 2.24) is 14.9 Å². The molecule has 0 fully saturated rings. The number of rotatable bonds is 11. The van der Waals surface area contributed by atoms with Crippen LogP contribution in [0.1, 0.15) is 48.1 Å². The predicted octanol–water partition coefficient (Wildman–Crippen LogP) is 4.14. The number of aromatic nitrogens is 2. The van der Waals surface area contributed by atoms with E-state index in [0.29, 0.717) is 47.6 Å². The highest BCUT2D eigenvalue weighted by Gasteiger charge is 2.24. The standard InChI is InChI=1S/C25H31N3O5/c1-6-12-33-21-9-8-17(15-22(21)32-7-2)25(29)27-23(24-26-10-11-28(24)3)18-13-19(30-4)16-20(14-18)31-5/h8-11,13-16,23H,6-7,12H2,1-5H3,(H,27,29). The van der Waals surface area contributed by atoms with Gasteiger partial charge in [-0.25, -0.2) is 4.98 Å². The van der Waals surface area contributed by atoms with Crippen molar-refractivity contribution in [3.8, 4) is 23.0 Å². The molecule has 0 aliphatic heterocycles. The van der Waals surface area contributed by atoms with E-state index in [4.69, 9.17) is 18.9 Å². The van der Waals surface area contributed by atoms with Crippen LogP contribution in [-0.2, 0) is 7.05 Å². The maximum absolute atomic E-state index is 13.3. The molecule has 0 spiro atoms. The zero-order valence-electron chi connectivity index (χ0n) is 19.8. The molecule has 1 atom stereocenters. The number of nitrogens with zero attached hydrogens (tertiary/aromatic N) is 2. The Balaban J connectivity index is 1.96. The van der Waals surface area contributed by atoms with Crippen molar-refractivity contribution < 1.29 is 23.7 Å². The zero-order chi connectivity index (χ0) is 23.8. The van der Waals surface area contributed by atoms with Crippen LogP contribution in [0.3, 0.4) is 0 Å². The summed E-state index contributed by atoms with van der Waals surface area (Å²) in [4.78, 5) is 17.8. The van der Waals surface area contributed by atoms with Gasteiger partial charge in [-0.2, -0.15) is 0 Å². The third-order valence-corrected chi connectivity index (χ3v) is 5.07. The van der Waals surface area contributed by atoms with Crippen LogP contribution in [0.15, 0.2) is 48.8 Å². The number of aryl methyl sites for hydroxylation is 1. The summed E-state index contributed by atoms with van der Waals surface area (Å²) in [6.45, 7) is 4.97. The van der Waals surface area contributed by atoms with Gasteiger partial charge in [0.2, 0.25) is 0 Å². The number of amides is 1. The molecule has 0 aliphatic carbocycles. The molecule has 1 unspecified atom stereocenters. The average molecular weight is 454 g/mol. The maximum Gasteiger partial charge on any atom is 0.252 e. The molecule has 2 aromatic carbocycles. The lowest BCUT2D eigenvalue weighted by atomic mass is 10.0. The third kappa shape index (κ3) is 5.77.